The van der Waals surface area contributed by atoms with Crippen molar-refractivity contribution in [3.8, 4) is 0 Å². The van der Waals surface area contributed by atoms with Crippen LogP contribution < -0.4 is 5.32 Å². The first-order chi connectivity index (χ1) is 5.84. The third kappa shape index (κ3) is 2.43. The topological polar surface area (TPSA) is 42.0 Å². The molecule has 0 saturated heterocycles. The van der Waals surface area contributed by atoms with Crippen LogP contribution in [0, 0.1) is 0 Å². The smallest absolute Gasteiger partial charge is 0.164 e. The van der Waals surface area contributed by atoms with Crippen molar-refractivity contribution in [3.05, 3.63) is 30.1 Å². The summed E-state index contributed by atoms with van der Waals surface area (Å²) in [6, 6.07) is 3.47. The van der Waals surface area contributed by atoms with E-state index in [4.69, 9.17) is 0 Å². The summed E-state index contributed by atoms with van der Waals surface area (Å²) in [5.41, 5.74) is 0.736. The van der Waals surface area contributed by atoms with Crippen LogP contribution in [0.25, 0.3) is 0 Å². The molecule has 0 amide bonds. The molecule has 1 rings (SSSR count). The molecule has 64 valence electrons. The summed E-state index contributed by atoms with van der Waals surface area (Å²) >= 11 is 0. The number of pyridine rings is 1. The maximum Gasteiger partial charge on any atom is 0.164 e. The van der Waals surface area contributed by atoms with Crippen LogP contribution in [0.3, 0.4) is 0 Å². The zero-order valence-corrected chi connectivity index (χ0v) is 7.08. The minimum absolute atomic E-state index is 0.159. The summed E-state index contributed by atoms with van der Waals surface area (Å²) < 4.78 is 0. The molecule has 0 aliphatic rings. The Morgan fingerprint density at radius 1 is 1.50 bits per heavy atom. The number of hydrogen-bond acceptors (Lipinski definition) is 3. The summed E-state index contributed by atoms with van der Waals surface area (Å²) in [4.78, 5) is 15.2. The third-order valence-electron chi connectivity index (χ3n) is 1.60. The Balaban J connectivity index is 2.54. The van der Waals surface area contributed by atoms with Gasteiger partial charge in [-0.05, 0) is 19.2 Å². The molecule has 12 heavy (non-hydrogen) atoms. The highest BCUT2D eigenvalue weighted by molar-refractivity contribution is 5.95. The second kappa shape index (κ2) is 4.62. The van der Waals surface area contributed by atoms with Gasteiger partial charge in [-0.1, -0.05) is 0 Å². The zero-order chi connectivity index (χ0) is 8.81. The second-order valence-electron chi connectivity index (χ2n) is 2.51. The Kier molecular flexibility index (Phi) is 3.41. The molecule has 0 aromatic carbocycles. The van der Waals surface area contributed by atoms with Gasteiger partial charge in [0, 0.05) is 30.9 Å². The number of nitrogens with one attached hydrogen (secondary N) is 1. The molecule has 0 spiro atoms. The lowest BCUT2D eigenvalue weighted by molar-refractivity contribution is 0.0983. The monoisotopic (exact) mass is 164 g/mol. The summed E-state index contributed by atoms with van der Waals surface area (Å²) in [6.07, 6.45) is 3.81. The number of Topliss-reactive ketones (excluding diaryl/α,β-unsaturated/α-hetero) is 1. The van der Waals surface area contributed by atoms with E-state index in [1.165, 1.54) is 0 Å². The first-order valence-electron chi connectivity index (χ1n) is 3.92. The maximum absolute atomic E-state index is 11.3. The van der Waals surface area contributed by atoms with Gasteiger partial charge in [-0.3, -0.25) is 9.78 Å². The average molecular weight is 164 g/mol. The molecule has 0 fully saturated rings. The molecule has 1 aromatic heterocycles. The van der Waals surface area contributed by atoms with E-state index < -0.39 is 0 Å². The number of ketones is 1. The number of rotatable bonds is 4. The molecule has 0 unspecified atom stereocenters. The van der Waals surface area contributed by atoms with E-state index in [0.717, 1.165) is 12.1 Å². The number of carbonyl (C=O) groups is 1. The van der Waals surface area contributed by atoms with Crippen molar-refractivity contribution < 1.29 is 4.79 Å². The van der Waals surface area contributed by atoms with Gasteiger partial charge in [-0.25, -0.2) is 0 Å². The Morgan fingerprint density at radius 2 is 2.17 bits per heavy atom. The molecule has 1 aromatic rings. The van der Waals surface area contributed by atoms with Gasteiger partial charge in [0.1, 0.15) is 0 Å². The van der Waals surface area contributed by atoms with Crippen molar-refractivity contribution >= 4 is 5.78 Å². The third-order valence-corrected chi connectivity index (χ3v) is 1.60. The van der Waals surface area contributed by atoms with Crippen molar-refractivity contribution in [2.45, 2.75) is 6.42 Å². The largest absolute Gasteiger partial charge is 0.319 e. The number of nitrogens with zero attached hydrogens (tertiary/aromatic N) is 1. The fraction of sp³-hybridized carbons (Fsp3) is 0.333. The van der Waals surface area contributed by atoms with Crippen LogP contribution in [0.1, 0.15) is 16.8 Å². The minimum atomic E-state index is 0.159. The van der Waals surface area contributed by atoms with Crippen molar-refractivity contribution in [3.63, 3.8) is 0 Å². The quantitative estimate of drug-likeness (QED) is 0.671. The van der Waals surface area contributed by atoms with E-state index >= 15 is 0 Å². The van der Waals surface area contributed by atoms with Crippen molar-refractivity contribution in [1.82, 2.24) is 10.3 Å². The number of aromatic nitrogens is 1. The van der Waals surface area contributed by atoms with E-state index in [0.29, 0.717) is 6.42 Å². The minimum Gasteiger partial charge on any atom is -0.319 e. The van der Waals surface area contributed by atoms with E-state index in [-0.39, 0.29) is 5.78 Å². The molecule has 0 aliphatic heterocycles. The summed E-state index contributed by atoms with van der Waals surface area (Å²) in [6.45, 7) is 0.723. The fourth-order valence-electron chi connectivity index (χ4n) is 0.921. The Hall–Kier alpha value is -1.22. The van der Waals surface area contributed by atoms with Gasteiger partial charge >= 0.3 is 0 Å². The lowest BCUT2D eigenvalue weighted by Crippen LogP contribution is -2.12. The van der Waals surface area contributed by atoms with Crippen molar-refractivity contribution in [2.75, 3.05) is 13.6 Å². The fourth-order valence-corrected chi connectivity index (χ4v) is 0.921. The standard InChI is InChI=1S/C9H12N2O/c1-10-5-4-9(12)8-2-6-11-7-3-8/h2-3,6-7,10H,4-5H2,1H3. The van der Waals surface area contributed by atoms with Crippen LogP contribution in [0.5, 0.6) is 0 Å². The van der Waals surface area contributed by atoms with E-state index in [9.17, 15) is 4.79 Å². The van der Waals surface area contributed by atoms with Gasteiger partial charge in [-0.2, -0.15) is 0 Å². The zero-order valence-electron chi connectivity index (χ0n) is 7.08. The maximum atomic E-state index is 11.3. The highest BCUT2D eigenvalue weighted by Gasteiger charge is 2.02. The van der Waals surface area contributed by atoms with Crippen LogP contribution in [0.15, 0.2) is 24.5 Å². The molecule has 0 atom stereocenters. The molecule has 0 radical (unpaired) electrons. The van der Waals surface area contributed by atoms with E-state index in [1.807, 2.05) is 7.05 Å². The summed E-state index contributed by atoms with van der Waals surface area (Å²) in [7, 11) is 1.83. The van der Waals surface area contributed by atoms with Crippen LogP contribution >= 0.6 is 0 Å². The lowest BCUT2D eigenvalue weighted by atomic mass is 10.1. The van der Waals surface area contributed by atoms with Crippen molar-refractivity contribution in [2.24, 2.45) is 0 Å². The van der Waals surface area contributed by atoms with E-state index in [2.05, 4.69) is 10.3 Å². The summed E-state index contributed by atoms with van der Waals surface area (Å²) in [5.74, 6) is 0.159. The second-order valence-corrected chi connectivity index (χ2v) is 2.51. The number of hydrogen-bond donors (Lipinski definition) is 1. The molecular weight excluding hydrogens is 152 g/mol. The van der Waals surface area contributed by atoms with Crippen LogP contribution in [-0.2, 0) is 0 Å². The molecule has 0 bridgehead atoms. The predicted octanol–water partition coefficient (Wildman–Crippen LogP) is 0.874. The lowest BCUT2D eigenvalue weighted by Gasteiger charge is -1.98. The molecule has 3 heteroatoms. The molecule has 0 saturated carbocycles. The Labute approximate surface area is 71.8 Å². The van der Waals surface area contributed by atoms with Crippen LogP contribution in [0.2, 0.25) is 0 Å². The molecular formula is C9H12N2O. The Morgan fingerprint density at radius 3 is 2.75 bits per heavy atom. The SMILES string of the molecule is CNCCC(=O)c1ccncc1. The van der Waals surface area contributed by atoms with Gasteiger partial charge in [0.2, 0.25) is 0 Å². The highest BCUT2D eigenvalue weighted by Crippen LogP contribution is 1.99. The highest BCUT2D eigenvalue weighted by atomic mass is 16.1. The first kappa shape index (κ1) is 8.87. The number of carbonyl (C=O) groups excluding carboxylic acids is 1. The molecule has 1 N–H and O–H groups in total. The molecule has 0 aliphatic carbocycles. The van der Waals surface area contributed by atoms with Crippen LogP contribution in [0.4, 0.5) is 0 Å². The average Bonchev–Trinajstić information content (AvgIpc) is 2.15. The van der Waals surface area contributed by atoms with Crippen molar-refractivity contribution in [1.29, 1.82) is 0 Å². The van der Waals surface area contributed by atoms with Gasteiger partial charge < -0.3 is 5.32 Å². The van der Waals surface area contributed by atoms with Gasteiger partial charge in [-0.15, -0.1) is 0 Å². The normalized spacial score (nSPS) is 9.75. The Bertz CT molecular complexity index is 246. The van der Waals surface area contributed by atoms with Gasteiger partial charge in [0.15, 0.2) is 5.78 Å². The van der Waals surface area contributed by atoms with Crippen LogP contribution in [-0.4, -0.2) is 24.4 Å². The van der Waals surface area contributed by atoms with Gasteiger partial charge in [0.25, 0.3) is 0 Å². The van der Waals surface area contributed by atoms with E-state index in [1.54, 1.807) is 24.5 Å². The first-order valence-corrected chi connectivity index (χ1v) is 3.92. The van der Waals surface area contributed by atoms with Gasteiger partial charge in [0.05, 0.1) is 0 Å². The summed E-state index contributed by atoms with van der Waals surface area (Å²) in [5, 5.41) is 2.93. The molecule has 3 nitrogen and oxygen atoms in total. The predicted molar refractivity (Wildman–Crippen MR) is 47.1 cm³/mol. The molecule has 1 heterocycles.